The van der Waals surface area contributed by atoms with Gasteiger partial charge in [-0.05, 0) is 12.1 Å². The maximum Gasteiger partial charge on any atom is 0.257 e. The van der Waals surface area contributed by atoms with Crippen molar-refractivity contribution in [2.24, 2.45) is 0 Å². The van der Waals surface area contributed by atoms with Crippen LogP contribution in [0.1, 0.15) is 0 Å². The van der Waals surface area contributed by atoms with Crippen LogP contribution in [0.4, 0.5) is 0 Å². The van der Waals surface area contributed by atoms with Crippen molar-refractivity contribution in [3.05, 3.63) is 28.2 Å². The zero-order valence-corrected chi connectivity index (χ0v) is 9.02. The van der Waals surface area contributed by atoms with E-state index in [-0.39, 0.29) is 12.5 Å². The summed E-state index contributed by atoms with van der Waals surface area (Å²) in [5.74, 6) is 0.184. The zero-order valence-electron chi connectivity index (χ0n) is 7.51. The lowest BCUT2D eigenvalue weighted by Crippen LogP contribution is -2.24. The molecule has 1 aromatic carbocycles. The molecule has 0 aliphatic rings. The fraction of sp³-hybridized carbons (Fsp3) is 0.222. The summed E-state index contributed by atoms with van der Waals surface area (Å²) in [6.45, 7) is -0.0729. The summed E-state index contributed by atoms with van der Waals surface area (Å²) in [5.41, 5.74) is 0. The first-order valence-corrected chi connectivity index (χ1v) is 4.68. The first-order chi connectivity index (χ1) is 6.65. The van der Waals surface area contributed by atoms with Gasteiger partial charge in [-0.1, -0.05) is 29.3 Å². The van der Waals surface area contributed by atoms with Crippen LogP contribution in [0.15, 0.2) is 18.2 Å². The molecule has 1 rings (SSSR count). The van der Waals surface area contributed by atoms with E-state index < -0.39 is 0 Å². The van der Waals surface area contributed by atoms with Gasteiger partial charge >= 0.3 is 0 Å². The highest BCUT2D eigenvalue weighted by Gasteiger charge is 2.06. The number of nitrogens with one attached hydrogen (secondary N) is 1. The minimum Gasteiger partial charge on any atom is -0.482 e. The van der Waals surface area contributed by atoms with E-state index in [0.717, 1.165) is 0 Å². The highest BCUT2D eigenvalue weighted by Crippen LogP contribution is 2.31. The first-order valence-electron chi connectivity index (χ1n) is 3.92. The third kappa shape index (κ3) is 2.79. The Hall–Kier alpha value is -0.930. The van der Waals surface area contributed by atoms with Gasteiger partial charge in [-0.2, -0.15) is 0 Å². The molecule has 1 amide bonds. The van der Waals surface area contributed by atoms with Crippen molar-refractivity contribution in [3.63, 3.8) is 0 Å². The predicted octanol–water partition coefficient (Wildman–Crippen LogP) is 2.12. The van der Waals surface area contributed by atoms with Crippen molar-refractivity contribution >= 4 is 29.1 Å². The summed E-state index contributed by atoms with van der Waals surface area (Å²) in [6, 6.07) is 5.00. The lowest BCUT2D eigenvalue weighted by Gasteiger charge is -2.07. The van der Waals surface area contributed by atoms with E-state index in [1.807, 2.05) is 0 Å². The predicted molar refractivity (Wildman–Crippen MR) is 56.0 cm³/mol. The number of carbonyl (C=O) groups is 1. The van der Waals surface area contributed by atoms with Gasteiger partial charge < -0.3 is 10.1 Å². The van der Waals surface area contributed by atoms with Crippen molar-refractivity contribution in [3.8, 4) is 5.75 Å². The van der Waals surface area contributed by atoms with Gasteiger partial charge in [0.05, 0.1) is 5.02 Å². The van der Waals surface area contributed by atoms with E-state index in [4.69, 9.17) is 27.9 Å². The van der Waals surface area contributed by atoms with E-state index in [1.165, 1.54) is 7.05 Å². The number of carbonyl (C=O) groups excluding carboxylic acids is 1. The molecule has 76 valence electrons. The van der Waals surface area contributed by atoms with Crippen molar-refractivity contribution in [1.82, 2.24) is 5.32 Å². The fourth-order valence-electron chi connectivity index (χ4n) is 0.811. The highest BCUT2D eigenvalue weighted by molar-refractivity contribution is 6.42. The number of halogens is 2. The number of likely N-dealkylation sites (N-methyl/N-ethyl adjacent to an activating group) is 1. The minimum absolute atomic E-state index is 0.0729. The molecule has 0 saturated heterocycles. The van der Waals surface area contributed by atoms with Gasteiger partial charge in [0.25, 0.3) is 5.91 Å². The molecule has 1 aromatic rings. The Morgan fingerprint density at radius 2 is 2.21 bits per heavy atom. The molecule has 0 radical (unpaired) electrons. The molecule has 0 aliphatic carbocycles. The van der Waals surface area contributed by atoms with Crippen molar-refractivity contribution in [2.45, 2.75) is 0 Å². The van der Waals surface area contributed by atoms with Crippen molar-refractivity contribution in [1.29, 1.82) is 0 Å². The van der Waals surface area contributed by atoms with Gasteiger partial charge in [-0.25, -0.2) is 0 Å². The van der Waals surface area contributed by atoms with E-state index in [0.29, 0.717) is 15.8 Å². The topological polar surface area (TPSA) is 38.3 Å². The number of benzene rings is 1. The van der Waals surface area contributed by atoms with Gasteiger partial charge in [-0.3, -0.25) is 4.79 Å². The second kappa shape index (κ2) is 5.08. The van der Waals surface area contributed by atoms with Gasteiger partial charge in [0.1, 0.15) is 10.8 Å². The van der Waals surface area contributed by atoms with E-state index in [1.54, 1.807) is 18.2 Å². The van der Waals surface area contributed by atoms with Gasteiger partial charge in [0, 0.05) is 7.05 Å². The normalized spacial score (nSPS) is 9.64. The third-order valence-electron chi connectivity index (χ3n) is 1.55. The maximum atomic E-state index is 10.9. The van der Waals surface area contributed by atoms with E-state index in [9.17, 15) is 4.79 Å². The maximum absolute atomic E-state index is 10.9. The smallest absolute Gasteiger partial charge is 0.257 e. The Kier molecular flexibility index (Phi) is 4.04. The molecule has 0 saturated carbocycles. The lowest BCUT2D eigenvalue weighted by atomic mass is 10.3. The number of amides is 1. The van der Waals surface area contributed by atoms with Crippen LogP contribution >= 0.6 is 23.2 Å². The van der Waals surface area contributed by atoms with Crippen LogP contribution in [0.5, 0.6) is 5.75 Å². The monoisotopic (exact) mass is 233 g/mol. The largest absolute Gasteiger partial charge is 0.482 e. The number of hydrogen-bond acceptors (Lipinski definition) is 2. The molecular formula is C9H9Cl2NO2. The van der Waals surface area contributed by atoms with Crippen LogP contribution in [0, 0.1) is 0 Å². The Balaban J connectivity index is 2.68. The van der Waals surface area contributed by atoms with E-state index in [2.05, 4.69) is 5.32 Å². The van der Waals surface area contributed by atoms with Crippen LogP contribution in [0.2, 0.25) is 10.0 Å². The molecule has 14 heavy (non-hydrogen) atoms. The van der Waals surface area contributed by atoms with Crippen molar-refractivity contribution < 1.29 is 9.53 Å². The molecular weight excluding hydrogens is 225 g/mol. The van der Waals surface area contributed by atoms with Gasteiger partial charge in [-0.15, -0.1) is 0 Å². The summed E-state index contributed by atoms with van der Waals surface area (Å²) in [6.07, 6.45) is 0. The Morgan fingerprint density at radius 3 is 2.86 bits per heavy atom. The quantitative estimate of drug-likeness (QED) is 0.869. The molecule has 0 atom stereocenters. The average molecular weight is 234 g/mol. The van der Waals surface area contributed by atoms with Crippen LogP contribution < -0.4 is 10.1 Å². The molecule has 0 aromatic heterocycles. The molecule has 5 heteroatoms. The zero-order chi connectivity index (χ0) is 10.6. The van der Waals surface area contributed by atoms with Crippen LogP contribution in [0.3, 0.4) is 0 Å². The SMILES string of the molecule is CNC(=O)COc1cccc(Cl)c1Cl. The number of hydrogen-bond donors (Lipinski definition) is 1. The molecule has 0 heterocycles. The number of ether oxygens (including phenoxy) is 1. The summed E-state index contributed by atoms with van der Waals surface area (Å²) in [4.78, 5) is 10.9. The second-order valence-electron chi connectivity index (χ2n) is 2.51. The summed E-state index contributed by atoms with van der Waals surface area (Å²) >= 11 is 11.6. The summed E-state index contributed by atoms with van der Waals surface area (Å²) in [5, 5.41) is 3.15. The lowest BCUT2D eigenvalue weighted by molar-refractivity contribution is -0.122. The molecule has 3 nitrogen and oxygen atoms in total. The number of rotatable bonds is 3. The highest BCUT2D eigenvalue weighted by atomic mass is 35.5. The first kappa shape index (κ1) is 11.1. The molecule has 0 bridgehead atoms. The minimum atomic E-state index is -0.221. The van der Waals surface area contributed by atoms with Crippen LogP contribution in [0.25, 0.3) is 0 Å². The fourth-order valence-corrected chi connectivity index (χ4v) is 1.16. The van der Waals surface area contributed by atoms with E-state index >= 15 is 0 Å². The summed E-state index contributed by atoms with van der Waals surface area (Å²) in [7, 11) is 1.53. The van der Waals surface area contributed by atoms with Gasteiger partial charge in [0.2, 0.25) is 0 Å². The Morgan fingerprint density at radius 1 is 1.50 bits per heavy atom. The molecule has 0 fully saturated rings. The van der Waals surface area contributed by atoms with Crippen LogP contribution in [-0.2, 0) is 4.79 Å². The average Bonchev–Trinajstić information content (AvgIpc) is 2.20. The second-order valence-corrected chi connectivity index (χ2v) is 3.30. The molecule has 0 spiro atoms. The van der Waals surface area contributed by atoms with Gasteiger partial charge in [0.15, 0.2) is 6.61 Å². The Labute approximate surface area is 92.0 Å². The molecule has 1 N–H and O–H groups in total. The molecule has 0 aliphatic heterocycles. The van der Waals surface area contributed by atoms with Crippen molar-refractivity contribution in [2.75, 3.05) is 13.7 Å². The standard InChI is InChI=1S/C9H9Cl2NO2/c1-12-8(13)5-14-7-4-2-3-6(10)9(7)11/h2-4H,5H2,1H3,(H,12,13). The summed E-state index contributed by atoms with van der Waals surface area (Å²) < 4.78 is 5.14. The Bertz CT molecular complexity index is 342. The third-order valence-corrected chi connectivity index (χ3v) is 2.36. The molecule has 0 unspecified atom stereocenters. The van der Waals surface area contributed by atoms with Crippen LogP contribution in [-0.4, -0.2) is 19.6 Å².